The van der Waals surface area contributed by atoms with Crippen LogP contribution in [0.5, 0.6) is 0 Å². The van der Waals surface area contributed by atoms with E-state index in [1.807, 2.05) is 51.1 Å². The maximum absolute atomic E-state index is 12.5. The molecule has 1 atom stereocenters. The van der Waals surface area contributed by atoms with E-state index in [4.69, 9.17) is 0 Å². The molecule has 0 saturated heterocycles. The van der Waals surface area contributed by atoms with Crippen LogP contribution < -0.4 is 5.32 Å². The molecule has 24 heavy (non-hydrogen) atoms. The van der Waals surface area contributed by atoms with E-state index in [1.165, 1.54) is 11.1 Å². The number of aliphatic hydroxyl groups is 1. The molecule has 0 aliphatic rings. The number of carbonyl (C=O) groups excluding carboxylic acids is 1. The second-order valence-electron chi connectivity index (χ2n) is 6.44. The monoisotopic (exact) mass is 325 g/mol. The lowest BCUT2D eigenvalue weighted by molar-refractivity contribution is 0.0951. The molecule has 0 bridgehead atoms. The summed E-state index contributed by atoms with van der Waals surface area (Å²) >= 11 is 0. The molecule has 1 amide bonds. The molecule has 3 nitrogen and oxygen atoms in total. The van der Waals surface area contributed by atoms with Gasteiger partial charge in [0.1, 0.15) is 0 Å². The van der Waals surface area contributed by atoms with Gasteiger partial charge in [-0.2, -0.15) is 0 Å². The minimum Gasteiger partial charge on any atom is -0.396 e. The van der Waals surface area contributed by atoms with Crippen LogP contribution in [0.4, 0.5) is 0 Å². The van der Waals surface area contributed by atoms with E-state index in [9.17, 15) is 9.90 Å². The normalized spacial score (nSPS) is 12.0. The minimum atomic E-state index is -0.0131. The van der Waals surface area contributed by atoms with Gasteiger partial charge in [-0.15, -0.1) is 0 Å². The molecular weight excluding hydrogens is 298 g/mol. The summed E-state index contributed by atoms with van der Waals surface area (Å²) in [5.41, 5.74) is 5.19. The van der Waals surface area contributed by atoms with Gasteiger partial charge in [-0.25, -0.2) is 0 Å². The zero-order valence-electron chi connectivity index (χ0n) is 14.8. The van der Waals surface area contributed by atoms with Crippen LogP contribution in [0.15, 0.2) is 42.5 Å². The molecule has 3 heteroatoms. The second-order valence-corrected chi connectivity index (χ2v) is 6.44. The van der Waals surface area contributed by atoms with Gasteiger partial charge in [0.25, 0.3) is 5.91 Å². The third-order valence-electron chi connectivity index (χ3n) is 4.43. The Morgan fingerprint density at radius 3 is 2.25 bits per heavy atom. The average molecular weight is 325 g/mol. The molecular formula is C21H27NO2. The summed E-state index contributed by atoms with van der Waals surface area (Å²) in [5, 5.41) is 12.3. The maximum Gasteiger partial charge on any atom is 0.251 e. The lowest BCUT2D eigenvalue weighted by atomic mass is 9.92. The van der Waals surface area contributed by atoms with E-state index in [-0.39, 0.29) is 18.4 Å². The lowest BCUT2D eigenvalue weighted by Gasteiger charge is -2.17. The molecule has 2 N–H and O–H groups in total. The predicted molar refractivity (Wildman–Crippen MR) is 98.5 cm³/mol. The van der Waals surface area contributed by atoms with Gasteiger partial charge < -0.3 is 10.4 Å². The van der Waals surface area contributed by atoms with Crippen LogP contribution in [0.2, 0.25) is 0 Å². The number of carbonyl (C=O) groups is 1. The Balaban J connectivity index is 1.99. The van der Waals surface area contributed by atoms with Crippen LogP contribution in [0.25, 0.3) is 0 Å². The molecule has 2 rings (SSSR count). The molecule has 1 unspecified atom stereocenters. The summed E-state index contributed by atoms with van der Waals surface area (Å²) in [4.78, 5) is 12.5. The van der Waals surface area contributed by atoms with Crippen LogP contribution in [0.1, 0.15) is 51.4 Å². The van der Waals surface area contributed by atoms with Crippen molar-refractivity contribution in [1.82, 2.24) is 5.32 Å². The number of rotatable bonds is 7. The summed E-state index contributed by atoms with van der Waals surface area (Å²) in [5.74, 6) is 0.248. The first kappa shape index (κ1) is 18.2. The van der Waals surface area contributed by atoms with Crippen molar-refractivity contribution in [3.8, 4) is 0 Å². The molecule has 0 radical (unpaired) electrons. The highest BCUT2D eigenvalue weighted by molar-refractivity contribution is 5.97. The summed E-state index contributed by atoms with van der Waals surface area (Å²) in [6.07, 6.45) is 1.53. The van der Waals surface area contributed by atoms with Crippen molar-refractivity contribution in [3.63, 3.8) is 0 Å². The summed E-state index contributed by atoms with van der Waals surface area (Å²) in [6, 6.07) is 14.3. The Hall–Kier alpha value is -2.13. The molecule has 128 valence electrons. The molecule has 0 fully saturated rings. The second kappa shape index (κ2) is 8.65. The van der Waals surface area contributed by atoms with Crippen molar-refractivity contribution in [1.29, 1.82) is 0 Å². The van der Waals surface area contributed by atoms with E-state index < -0.39 is 0 Å². The SMILES string of the molecule is Cc1cc(C)c(C(=O)NCCC(CCO)c2ccccc2)c(C)c1. The van der Waals surface area contributed by atoms with Crippen molar-refractivity contribution in [2.24, 2.45) is 0 Å². The summed E-state index contributed by atoms with van der Waals surface area (Å²) in [7, 11) is 0. The van der Waals surface area contributed by atoms with E-state index in [0.29, 0.717) is 13.0 Å². The number of aliphatic hydroxyl groups excluding tert-OH is 1. The van der Waals surface area contributed by atoms with Crippen LogP contribution >= 0.6 is 0 Å². The van der Waals surface area contributed by atoms with E-state index in [1.54, 1.807) is 0 Å². The maximum atomic E-state index is 12.5. The lowest BCUT2D eigenvalue weighted by Crippen LogP contribution is -2.27. The summed E-state index contributed by atoms with van der Waals surface area (Å²) < 4.78 is 0. The zero-order valence-corrected chi connectivity index (χ0v) is 14.8. The van der Waals surface area contributed by atoms with Gasteiger partial charge in [0.05, 0.1) is 0 Å². The highest BCUT2D eigenvalue weighted by Gasteiger charge is 2.14. The van der Waals surface area contributed by atoms with Crippen molar-refractivity contribution in [3.05, 3.63) is 70.3 Å². The number of hydrogen-bond donors (Lipinski definition) is 2. The molecule has 0 spiro atoms. The molecule has 0 saturated carbocycles. The van der Waals surface area contributed by atoms with Gasteiger partial charge in [-0.3, -0.25) is 4.79 Å². The topological polar surface area (TPSA) is 49.3 Å². The van der Waals surface area contributed by atoms with E-state index in [0.717, 1.165) is 23.1 Å². The first-order valence-corrected chi connectivity index (χ1v) is 8.54. The van der Waals surface area contributed by atoms with Crippen molar-refractivity contribution < 1.29 is 9.90 Å². The van der Waals surface area contributed by atoms with Crippen LogP contribution in [-0.4, -0.2) is 24.2 Å². The number of nitrogens with one attached hydrogen (secondary N) is 1. The standard InChI is InChI=1S/C21H27NO2/c1-15-13-16(2)20(17(3)14-15)21(24)22-11-9-19(10-12-23)18-7-5-4-6-8-18/h4-8,13-14,19,23H,9-12H2,1-3H3,(H,22,24). The fourth-order valence-corrected chi connectivity index (χ4v) is 3.35. The molecule has 0 aliphatic carbocycles. The van der Waals surface area contributed by atoms with Crippen LogP contribution in [-0.2, 0) is 0 Å². The first-order valence-electron chi connectivity index (χ1n) is 8.54. The zero-order chi connectivity index (χ0) is 17.5. The van der Waals surface area contributed by atoms with Crippen LogP contribution in [0.3, 0.4) is 0 Å². The number of aryl methyl sites for hydroxylation is 3. The van der Waals surface area contributed by atoms with Gasteiger partial charge in [0.15, 0.2) is 0 Å². The quantitative estimate of drug-likeness (QED) is 0.811. The Morgan fingerprint density at radius 1 is 1.04 bits per heavy atom. The summed E-state index contributed by atoms with van der Waals surface area (Å²) in [6.45, 7) is 6.76. The largest absolute Gasteiger partial charge is 0.396 e. The van der Waals surface area contributed by atoms with Gasteiger partial charge in [0.2, 0.25) is 0 Å². The molecule has 2 aromatic rings. The third kappa shape index (κ3) is 4.68. The average Bonchev–Trinajstić information content (AvgIpc) is 2.54. The molecule has 2 aromatic carbocycles. The Morgan fingerprint density at radius 2 is 1.67 bits per heavy atom. The van der Waals surface area contributed by atoms with Gasteiger partial charge >= 0.3 is 0 Å². The third-order valence-corrected chi connectivity index (χ3v) is 4.43. The van der Waals surface area contributed by atoms with Crippen LogP contribution in [0, 0.1) is 20.8 Å². The highest BCUT2D eigenvalue weighted by Crippen LogP contribution is 2.22. The fourth-order valence-electron chi connectivity index (χ4n) is 3.35. The predicted octanol–water partition coefficient (Wildman–Crippen LogP) is 3.90. The molecule has 0 heterocycles. The van der Waals surface area contributed by atoms with Gasteiger partial charge in [-0.1, -0.05) is 48.0 Å². The van der Waals surface area contributed by atoms with Crippen molar-refractivity contribution in [2.75, 3.05) is 13.2 Å². The Kier molecular flexibility index (Phi) is 6.56. The fraction of sp³-hybridized carbons (Fsp3) is 0.381. The number of benzene rings is 2. The highest BCUT2D eigenvalue weighted by atomic mass is 16.3. The van der Waals surface area contributed by atoms with E-state index in [2.05, 4.69) is 17.4 Å². The molecule has 0 aromatic heterocycles. The van der Waals surface area contributed by atoms with Crippen molar-refractivity contribution >= 4 is 5.91 Å². The van der Waals surface area contributed by atoms with E-state index >= 15 is 0 Å². The first-order chi connectivity index (χ1) is 11.5. The number of amides is 1. The Labute approximate surface area is 144 Å². The Bertz CT molecular complexity index is 656. The van der Waals surface area contributed by atoms with Gasteiger partial charge in [-0.05, 0) is 56.2 Å². The van der Waals surface area contributed by atoms with Gasteiger partial charge in [0, 0.05) is 18.7 Å². The number of hydrogen-bond acceptors (Lipinski definition) is 2. The minimum absolute atomic E-state index is 0.0131. The molecule has 0 aliphatic heterocycles. The smallest absolute Gasteiger partial charge is 0.251 e. The van der Waals surface area contributed by atoms with Crippen molar-refractivity contribution in [2.45, 2.75) is 39.5 Å².